The molecule has 2 aliphatic heterocycles. The minimum atomic E-state index is -0.708. The first-order chi connectivity index (χ1) is 19.0. The zero-order chi connectivity index (χ0) is 28.7. The van der Waals surface area contributed by atoms with Crippen LogP contribution in [0.3, 0.4) is 0 Å². The molecule has 6 nitrogen and oxygen atoms in total. The number of methoxy groups -OCH3 is 1. The third kappa shape index (κ3) is 5.88. The maximum absolute atomic E-state index is 15.9. The van der Waals surface area contributed by atoms with E-state index in [0.29, 0.717) is 30.6 Å². The second-order valence-corrected chi connectivity index (χ2v) is 11.9. The number of aromatic nitrogens is 2. The standard InChI is InChI=1S/C32H36F2N2O4/c1-31(2)17-23(18-32(3,4)40-31)29(30-24(33)14-20(15-25(30)34)9-12-28(37)38-5)21-10-11-26-22(16-21)19-35-36(26)27-8-6-7-13-39-27/h9-12,14-16,19,27H,6-8,13,17-18H2,1-5H3/b12-9+. The van der Waals surface area contributed by atoms with Gasteiger partial charge in [0.05, 0.1) is 35.6 Å². The van der Waals surface area contributed by atoms with E-state index in [4.69, 9.17) is 9.47 Å². The minimum Gasteiger partial charge on any atom is -0.466 e. The van der Waals surface area contributed by atoms with Crippen LogP contribution in [0.1, 0.15) is 82.7 Å². The molecule has 1 unspecified atom stereocenters. The molecular weight excluding hydrogens is 514 g/mol. The Morgan fingerprint density at radius 1 is 1.07 bits per heavy atom. The van der Waals surface area contributed by atoms with E-state index in [1.807, 2.05) is 50.6 Å². The summed E-state index contributed by atoms with van der Waals surface area (Å²) in [6.45, 7) is 8.69. The molecule has 2 aliphatic rings. The molecule has 40 heavy (non-hydrogen) atoms. The zero-order valence-electron chi connectivity index (χ0n) is 23.7. The van der Waals surface area contributed by atoms with Crippen LogP contribution in [0.4, 0.5) is 8.78 Å². The van der Waals surface area contributed by atoms with Crippen molar-refractivity contribution in [2.75, 3.05) is 13.7 Å². The number of hydrogen-bond acceptors (Lipinski definition) is 5. The number of esters is 1. The van der Waals surface area contributed by atoms with Crippen LogP contribution in [-0.2, 0) is 19.0 Å². The Morgan fingerprint density at radius 3 is 2.40 bits per heavy atom. The molecule has 0 bridgehead atoms. The highest BCUT2D eigenvalue weighted by Gasteiger charge is 2.38. The normalized spacial score (nSPS) is 20.7. The topological polar surface area (TPSA) is 62.6 Å². The van der Waals surface area contributed by atoms with Gasteiger partial charge in [0.1, 0.15) is 11.6 Å². The average molecular weight is 551 g/mol. The van der Waals surface area contributed by atoms with E-state index in [-0.39, 0.29) is 17.4 Å². The number of ether oxygens (including phenoxy) is 3. The molecule has 2 fully saturated rings. The van der Waals surface area contributed by atoms with Gasteiger partial charge in [-0.05, 0) is 107 Å². The fourth-order valence-corrected chi connectivity index (χ4v) is 6.13. The van der Waals surface area contributed by atoms with E-state index >= 15 is 8.78 Å². The largest absolute Gasteiger partial charge is 0.466 e. The second kappa shape index (κ2) is 10.9. The molecule has 0 aliphatic carbocycles. The Balaban J connectivity index is 1.66. The van der Waals surface area contributed by atoms with E-state index in [9.17, 15) is 4.79 Å². The molecule has 5 rings (SSSR count). The molecule has 8 heteroatoms. The highest BCUT2D eigenvalue weighted by Crippen LogP contribution is 2.44. The number of carbonyl (C=O) groups is 1. The van der Waals surface area contributed by atoms with Crippen molar-refractivity contribution < 1.29 is 27.8 Å². The molecule has 0 saturated carbocycles. The zero-order valence-corrected chi connectivity index (χ0v) is 23.7. The van der Waals surface area contributed by atoms with Crippen molar-refractivity contribution in [3.63, 3.8) is 0 Å². The Hall–Kier alpha value is -3.36. The molecule has 2 aromatic carbocycles. The van der Waals surface area contributed by atoms with Gasteiger partial charge in [-0.3, -0.25) is 0 Å². The summed E-state index contributed by atoms with van der Waals surface area (Å²) in [7, 11) is 1.25. The third-order valence-electron chi connectivity index (χ3n) is 7.42. The second-order valence-electron chi connectivity index (χ2n) is 11.9. The van der Waals surface area contributed by atoms with Crippen LogP contribution < -0.4 is 0 Å². The summed E-state index contributed by atoms with van der Waals surface area (Å²) in [5, 5.41) is 5.47. The number of fused-ring (bicyclic) bond motifs is 1. The highest BCUT2D eigenvalue weighted by atomic mass is 19.1. The van der Waals surface area contributed by atoms with Crippen LogP contribution in [0.5, 0.6) is 0 Å². The Kier molecular flexibility index (Phi) is 7.68. The molecule has 1 aromatic heterocycles. The summed E-state index contributed by atoms with van der Waals surface area (Å²) in [4.78, 5) is 11.5. The number of carbonyl (C=O) groups excluding carboxylic acids is 1. The molecule has 0 N–H and O–H groups in total. The van der Waals surface area contributed by atoms with Crippen molar-refractivity contribution in [1.82, 2.24) is 9.78 Å². The molecule has 2 saturated heterocycles. The molecule has 0 radical (unpaired) electrons. The Labute approximate surface area is 233 Å². The van der Waals surface area contributed by atoms with E-state index in [0.717, 1.165) is 41.8 Å². The van der Waals surface area contributed by atoms with Crippen LogP contribution in [-0.4, -0.2) is 40.7 Å². The number of nitrogens with zero attached hydrogens (tertiary/aromatic N) is 2. The quantitative estimate of drug-likeness (QED) is 0.245. The smallest absolute Gasteiger partial charge is 0.330 e. The van der Waals surface area contributed by atoms with E-state index < -0.39 is 28.8 Å². The Morgan fingerprint density at radius 2 is 1.77 bits per heavy atom. The van der Waals surface area contributed by atoms with Gasteiger partial charge in [-0.1, -0.05) is 11.6 Å². The third-order valence-corrected chi connectivity index (χ3v) is 7.42. The van der Waals surface area contributed by atoms with E-state index in [1.54, 1.807) is 6.20 Å². The Bertz CT molecular complexity index is 1450. The summed E-state index contributed by atoms with van der Waals surface area (Å²) < 4.78 is 50.5. The van der Waals surface area contributed by atoms with Crippen molar-refractivity contribution in [1.29, 1.82) is 0 Å². The minimum absolute atomic E-state index is 0.0962. The molecule has 3 aromatic rings. The summed E-state index contributed by atoms with van der Waals surface area (Å²) >= 11 is 0. The monoisotopic (exact) mass is 550 g/mol. The van der Waals surface area contributed by atoms with Gasteiger partial charge in [-0.2, -0.15) is 5.10 Å². The molecule has 0 amide bonds. The van der Waals surface area contributed by atoms with Crippen LogP contribution in [0.25, 0.3) is 22.6 Å². The van der Waals surface area contributed by atoms with Crippen LogP contribution >= 0.6 is 0 Å². The first-order valence-corrected chi connectivity index (χ1v) is 13.7. The van der Waals surface area contributed by atoms with Gasteiger partial charge >= 0.3 is 5.97 Å². The maximum Gasteiger partial charge on any atom is 0.330 e. The van der Waals surface area contributed by atoms with Crippen molar-refractivity contribution in [2.24, 2.45) is 0 Å². The lowest BCUT2D eigenvalue weighted by molar-refractivity contribution is -0.139. The van der Waals surface area contributed by atoms with Gasteiger partial charge in [-0.25, -0.2) is 18.3 Å². The number of hydrogen-bond donors (Lipinski definition) is 0. The summed E-state index contributed by atoms with van der Waals surface area (Å²) in [6.07, 6.45) is 8.19. The first kappa shape index (κ1) is 28.2. The predicted octanol–water partition coefficient (Wildman–Crippen LogP) is 7.37. The van der Waals surface area contributed by atoms with Crippen molar-refractivity contribution >= 4 is 28.5 Å². The van der Waals surface area contributed by atoms with E-state index in [1.165, 1.54) is 25.3 Å². The number of rotatable bonds is 5. The van der Waals surface area contributed by atoms with Crippen LogP contribution in [0, 0.1) is 11.6 Å². The summed E-state index contributed by atoms with van der Waals surface area (Å²) in [5.41, 5.74) is 2.14. The van der Waals surface area contributed by atoms with Gasteiger partial charge in [-0.15, -0.1) is 0 Å². The lowest BCUT2D eigenvalue weighted by Crippen LogP contribution is -2.42. The summed E-state index contributed by atoms with van der Waals surface area (Å²) in [5.74, 6) is -2.02. The van der Waals surface area contributed by atoms with Crippen molar-refractivity contribution in [2.45, 2.75) is 77.2 Å². The molecule has 212 valence electrons. The number of halogens is 2. The lowest BCUT2D eigenvalue weighted by Gasteiger charge is -2.43. The van der Waals surface area contributed by atoms with Crippen molar-refractivity contribution in [3.8, 4) is 0 Å². The van der Waals surface area contributed by atoms with Crippen molar-refractivity contribution in [3.05, 3.63) is 76.5 Å². The average Bonchev–Trinajstić information content (AvgIpc) is 3.31. The SMILES string of the molecule is COC(=O)/C=C/c1cc(F)c(C(=C2CC(C)(C)OC(C)(C)C2)c2ccc3c(cnn3C3CCCCO3)c2)c(F)c1. The van der Waals surface area contributed by atoms with Crippen LogP contribution in [0.2, 0.25) is 0 Å². The van der Waals surface area contributed by atoms with Gasteiger partial charge in [0.2, 0.25) is 0 Å². The fraction of sp³-hybridized carbons (Fsp3) is 0.438. The van der Waals surface area contributed by atoms with Crippen LogP contribution in [0.15, 0.2) is 48.2 Å². The highest BCUT2D eigenvalue weighted by molar-refractivity contribution is 5.90. The van der Waals surface area contributed by atoms with Gasteiger partial charge < -0.3 is 14.2 Å². The lowest BCUT2D eigenvalue weighted by atomic mass is 9.79. The molecular formula is C32H36F2N2O4. The van der Waals surface area contributed by atoms with Gasteiger partial charge in [0.25, 0.3) is 0 Å². The fourth-order valence-electron chi connectivity index (χ4n) is 6.13. The first-order valence-electron chi connectivity index (χ1n) is 13.7. The van der Waals surface area contributed by atoms with Gasteiger partial charge in [0, 0.05) is 18.1 Å². The molecule has 0 spiro atoms. The number of benzene rings is 2. The maximum atomic E-state index is 15.9. The van der Waals surface area contributed by atoms with E-state index in [2.05, 4.69) is 9.84 Å². The molecule has 1 atom stereocenters. The molecule has 3 heterocycles. The summed E-state index contributed by atoms with van der Waals surface area (Å²) in [6, 6.07) is 8.29. The predicted molar refractivity (Wildman–Crippen MR) is 150 cm³/mol. The van der Waals surface area contributed by atoms with Gasteiger partial charge in [0.15, 0.2) is 6.23 Å².